The van der Waals surface area contributed by atoms with E-state index in [0.29, 0.717) is 11.0 Å². The Bertz CT molecular complexity index is 650. The first-order chi connectivity index (χ1) is 7.54. The van der Waals surface area contributed by atoms with Crippen molar-refractivity contribution in [2.45, 2.75) is 0 Å². The van der Waals surface area contributed by atoms with Gasteiger partial charge in [0.2, 0.25) is 0 Å². The van der Waals surface area contributed by atoms with Crippen LogP contribution in [0, 0.1) is 10.1 Å². The minimum Gasteiger partial charge on any atom is -0.290 e. The second kappa shape index (κ2) is 3.57. The number of hydrogen-bond donors (Lipinski definition) is 0. The Balaban J connectivity index is 3.07. The van der Waals surface area contributed by atoms with Crippen molar-refractivity contribution in [1.29, 1.82) is 0 Å². The summed E-state index contributed by atoms with van der Waals surface area (Å²) in [5.41, 5.74) is -1.06. The molecule has 82 valence electrons. The van der Waals surface area contributed by atoms with Gasteiger partial charge >= 0.3 is 11.2 Å². The van der Waals surface area contributed by atoms with Crippen LogP contribution in [0.5, 0.6) is 0 Å². The molecule has 2 rings (SSSR count). The van der Waals surface area contributed by atoms with E-state index in [1.807, 2.05) is 0 Å². The third-order valence-corrected chi connectivity index (χ3v) is 2.62. The maximum atomic E-state index is 11.6. The summed E-state index contributed by atoms with van der Waals surface area (Å²) in [7, 11) is 1.42. The summed E-state index contributed by atoms with van der Waals surface area (Å²) in [6, 6.07) is 3.18. The quantitative estimate of drug-likeness (QED) is 0.558. The molecule has 0 aliphatic carbocycles. The van der Waals surface area contributed by atoms with Gasteiger partial charge < -0.3 is 0 Å². The Morgan fingerprint density at radius 1 is 1.56 bits per heavy atom. The lowest BCUT2D eigenvalue weighted by Gasteiger charge is -2.05. The van der Waals surface area contributed by atoms with Crippen molar-refractivity contribution >= 4 is 28.3 Å². The summed E-state index contributed by atoms with van der Waals surface area (Å²) in [5, 5.41) is 10.9. The van der Waals surface area contributed by atoms with Gasteiger partial charge in [-0.2, -0.15) is 0 Å². The Morgan fingerprint density at radius 3 is 2.88 bits per heavy atom. The van der Waals surface area contributed by atoms with Gasteiger partial charge in [-0.15, -0.1) is 0 Å². The standard InChI is InChI=1S/C9H6ClN3O3/c1-12-8-5(3-2-4-11-8)6(10)7(9(12)14)13(15)16/h2-4H,1H3. The van der Waals surface area contributed by atoms with Crippen LogP contribution in [0.15, 0.2) is 23.1 Å². The molecule has 0 amide bonds. The largest absolute Gasteiger partial charge is 0.353 e. The molecule has 0 saturated carbocycles. The molecular formula is C9H6ClN3O3. The first-order valence-corrected chi connectivity index (χ1v) is 4.69. The van der Waals surface area contributed by atoms with Gasteiger partial charge in [0.1, 0.15) is 10.7 Å². The van der Waals surface area contributed by atoms with Crippen LogP contribution in [0.3, 0.4) is 0 Å². The van der Waals surface area contributed by atoms with Gasteiger partial charge in [0.15, 0.2) is 0 Å². The number of aromatic nitrogens is 2. The molecule has 0 bridgehead atoms. The van der Waals surface area contributed by atoms with Crippen LogP contribution in [0.2, 0.25) is 5.02 Å². The zero-order valence-corrected chi connectivity index (χ0v) is 8.93. The first kappa shape index (κ1) is 10.6. The van der Waals surface area contributed by atoms with Crippen LogP contribution in [0.4, 0.5) is 5.69 Å². The normalized spacial score (nSPS) is 10.6. The minimum absolute atomic E-state index is 0.170. The number of rotatable bonds is 1. The summed E-state index contributed by atoms with van der Waals surface area (Å²) in [5.74, 6) is 0. The Morgan fingerprint density at radius 2 is 2.25 bits per heavy atom. The molecule has 2 aromatic heterocycles. The molecule has 0 aliphatic rings. The molecule has 2 aromatic rings. The van der Waals surface area contributed by atoms with Gasteiger partial charge in [0, 0.05) is 18.6 Å². The summed E-state index contributed by atoms with van der Waals surface area (Å²) >= 11 is 5.82. The van der Waals surface area contributed by atoms with Crippen molar-refractivity contribution in [3.63, 3.8) is 0 Å². The predicted octanol–water partition coefficient (Wildman–Crippen LogP) is 1.50. The molecule has 0 radical (unpaired) electrons. The van der Waals surface area contributed by atoms with Gasteiger partial charge in [0.05, 0.1) is 4.92 Å². The smallest absolute Gasteiger partial charge is 0.290 e. The molecule has 7 heteroatoms. The topological polar surface area (TPSA) is 78.0 Å². The molecule has 0 saturated heterocycles. The number of nitro groups is 1. The molecule has 6 nitrogen and oxygen atoms in total. The van der Waals surface area contributed by atoms with Crippen LogP contribution in [-0.4, -0.2) is 14.5 Å². The fraction of sp³-hybridized carbons (Fsp3) is 0.111. The molecule has 0 atom stereocenters. The van der Waals surface area contributed by atoms with Gasteiger partial charge in [-0.3, -0.25) is 19.5 Å². The van der Waals surface area contributed by atoms with E-state index in [-0.39, 0.29) is 5.02 Å². The van der Waals surface area contributed by atoms with Crippen molar-refractivity contribution in [1.82, 2.24) is 9.55 Å². The van der Waals surface area contributed by atoms with Crippen LogP contribution in [-0.2, 0) is 7.05 Å². The molecule has 0 unspecified atom stereocenters. The highest BCUT2D eigenvalue weighted by Crippen LogP contribution is 2.27. The maximum Gasteiger partial charge on any atom is 0.353 e. The van der Waals surface area contributed by atoms with Crippen molar-refractivity contribution in [2.75, 3.05) is 0 Å². The van der Waals surface area contributed by atoms with E-state index in [1.165, 1.54) is 13.2 Å². The van der Waals surface area contributed by atoms with E-state index in [0.717, 1.165) is 4.57 Å². The molecule has 0 aromatic carbocycles. The fourth-order valence-electron chi connectivity index (χ4n) is 1.47. The second-order valence-corrected chi connectivity index (χ2v) is 3.54. The third-order valence-electron chi connectivity index (χ3n) is 2.24. The lowest BCUT2D eigenvalue weighted by Crippen LogP contribution is -2.21. The van der Waals surface area contributed by atoms with Gasteiger partial charge in [-0.25, -0.2) is 4.98 Å². The monoisotopic (exact) mass is 239 g/mol. The summed E-state index contributed by atoms with van der Waals surface area (Å²) in [6.07, 6.45) is 1.49. The van der Waals surface area contributed by atoms with Crippen LogP contribution in [0.25, 0.3) is 11.0 Å². The first-order valence-electron chi connectivity index (χ1n) is 4.31. The fourth-order valence-corrected chi connectivity index (χ4v) is 1.77. The van der Waals surface area contributed by atoms with Crippen molar-refractivity contribution in [3.05, 3.63) is 43.8 Å². The SMILES string of the molecule is Cn1c(=O)c([N+](=O)[O-])c(Cl)c2cccnc21. The third kappa shape index (κ3) is 1.35. The lowest BCUT2D eigenvalue weighted by atomic mass is 10.2. The van der Waals surface area contributed by atoms with E-state index in [4.69, 9.17) is 11.6 Å². The van der Waals surface area contributed by atoms with Crippen LogP contribution in [0.1, 0.15) is 0 Å². The number of nitrogens with zero attached hydrogens (tertiary/aromatic N) is 3. The van der Waals surface area contributed by atoms with E-state index in [2.05, 4.69) is 4.98 Å². The van der Waals surface area contributed by atoms with Crippen LogP contribution >= 0.6 is 11.6 Å². The second-order valence-electron chi connectivity index (χ2n) is 3.16. The Kier molecular flexibility index (Phi) is 2.35. The summed E-state index contributed by atoms with van der Waals surface area (Å²) in [6.45, 7) is 0. The number of halogens is 1. The van der Waals surface area contributed by atoms with Crippen molar-refractivity contribution in [3.8, 4) is 0 Å². The highest BCUT2D eigenvalue weighted by atomic mass is 35.5. The average molecular weight is 240 g/mol. The average Bonchev–Trinajstić information content (AvgIpc) is 2.26. The molecule has 16 heavy (non-hydrogen) atoms. The van der Waals surface area contributed by atoms with E-state index >= 15 is 0 Å². The summed E-state index contributed by atoms with van der Waals surface area (Å²) in [4.78, 5) is 25.5. The van der Waals surface area contributed by atoms with Gasteiger partial charge in [-0.1, -0.05) is 11.6 Å². The molecule has 0 spiro atoms. The van der Waals surface area contributed by atoms with Crippen molar-refractivity contribution < 1.29 is 4.92 Å². The number of hydrogen-bond acceptors (Lipinski definition) is 4. The Hall–Kier alpha value is -1.95. The molecule has 0 fully saturated rings. The number of fused-ring (bicyclic) bond motifs is 1. The molecule has 0 aliphatic heterocycles. The zero-order valence-electron chi connectivity index (χ0n) is 8.18. The molecule has 2 heterocycles. The van der Waals surface area contributed by atoms with E-state index < -0.39 is 16.2 Å². The molecular weight excluding hydrogens is 234 g/mol. The maximum absolute atomic E-state index is 11.6. The highest BCUT2D eigenvalue weighted by molar-refractivity contribution is 6.37. The minimum atomic E-state index is -0.781. The highest BCUT2D eigenvalue weighted by Gasteiger charge is 2.23. The van der Waals surface area contributed by atoms with E-state index in [9.17, 15) is 14.9 Å². The summed E-state index contributed by atoms with van der Waals surface area (Å²) < 4.78 is 1.11. The van der Waals surface area contributed by atoms with E-state index in [1.54, 1.807) is 12.1 Å². The van der Waals surface area contributed by atoms with Crippen molar-refractivity contribution in [2.24, 2.45) is 7.05 Å². The number of aryl methyl sites for hydroxylation is 1. The Labute approximate surface area is 94.2 Å². The predicted molar refractivity (Wildman–Crippen MR) is 58.6 cm³/mol. The number of pyridine rings is 2. The molecule has 0 N–H and O–H groups in total. The van der Waals surface area contributed by atoms with Crippen LogP contribution < -0.4 is 5.56 Å². The van der Waals surface area contributed by atoms with Gasteiger partial charge in [0.25, 0.3) is 0 Å². The zero-order chi connectivity index (χ0) is 11.9. The van der Waals surface area contributed by atoms with Gasteiger partial charge in [-0.05, 0) is 12.1 Å². The lowest BCUT2D eigenvalue weighted by molar-refractivity contribution is -0.386.